The number of pyridine rings is 1. The number of nitrogens with zero attached hydrogens (tertiary/aromatic N) is 3. The maximum atomic E-state index is 8.61. The van der Waals surface area contributed by atoms with Crippen LogP contribution in [0, 0.1) is 18.3 Å². The molecule has 0 amide bonds. The molecule has 0 aliphatic heterocycles. The van der Waals surface area contributed by atoms with E-state index in [0.29, 0.717) is 12.5 Å². The van der Waals surface area contributed by atoms with Crippen molar-refractivity contribution in [1.82, 2.24) is 4.98 Å². The van der Waals surface area contributed by atoms with Crippen molar-refractivity contribution >= 4 is 5.82 Å². The summed E-state index contributed by atoms with van der Waals surface area (Å²) in [5.74, 6) is 1.01. The van der Waals surface area contributed by atoms with Crippen LogP contribution < -0.4 is 4.90 Å². The highest BCUT2D eigenvalue weighted by atomic mass is 15.2. The predicted molar refractivity (Wildman–Crippen MR) is 59.6 cm³/mol. The maximum absolute atomic E-state index is 8.61. The Morgan fingerprint density at radius 2 is 2.33 bits per heavy atom. The van der Waals surface area contributed by atoms with E-state index in [9.17, 15) is 0 Å². The molecule has 0 spiro atoms. The predicted octanol–water partition coefficient (Wildman–Crippen LogP) is 2.27. The highest BCUT2D eigenvalue weighted by Crippen LogP contribution is 2.30. The van der Waals surface area contributed by atoms with Crippen LogP contribution in [0.1, 0.15) is 24.8 Å². The van der Waals surface area contributed by atoms with Crippen molar-refractivity contribution in [3.05, 3.63) is 23.9 Å². The third-order valence-electron chi connectivity index (χ3n) is 2.64. The Balaban J connectivity index is 2.10. The minimum Gasteiger partial charge on any atom is -0.353 e. The number of hydrogen-bond donors (Lipinski definition) is 0. The summed E-state index contributed by atoms with van der Waals surface area (Å²) < 4.78 is 0. The fraction of sp³-hybridized carbons (Fsp3) is 0.500. The van der Waals surface area contributed by atoms with E-state index in [1.165, 1.54) is 18.4 Å². The fourth-order valence-corrected chi connectivity index (χ4v) is 1.67. The zero-order valence-corrected chi connectivity index (χ0v) is 8.98. The standard InChI is InChI=1S/C12H15N3/c1-10-3-6-12(14-9-10)15(8-2-7-13)11-4-5-11/h3,6,9,11H,2,4-5,8H2,1H3. The average Bonchev–Trinajstić information content (AvgIpc) is 3.05. The van der Waals surface area contributed by atoms with Crippen molar-refractivity contribution in [1.29, 1.82) is 5.26 Å². The summed E-state index contributed by atoms with van der Waals surface area (Å²) >= 11 is 0. The van der Waals surface area contributed by atoms with Crippen LogP contribution >= 0.6 is 0 Å². The van der Waals surface area contributed by atoms with E-state index in [1.54, 1.807) is 0 Å². The first-order valence-electron chi connectivity index (χ1n) is 5.37. The molecule has 1 aromatic rings. The summed E-state index contributed by atoms with van der Waals surface area (Å²) in [4.78, 5) is 6.66. The molecule has 0 radical (unpaired) electrons. The molecule has 1 saturated carbocycles. The van der Waals surface area contributed by atoms with Crippen LogP contribution in [-0.2, 0) is 0 Å². The van der Waals surface area contributed by atoms with Crippen LogP contribution in [0.3, 0.4) is 0 Å². The Hall–Kier alpha value is -1.56. The highest BCUT2D eigenvalue weighted by molar-refractivity contribution is 5.42. The molecule has 15 heavy (non-hydrogen) atoms. The van der Waals surface area contributed by atoms with Gasteiger partial charge in [0.15, 0.2) is 0 Å². The Bertz CT molecular complexity index is 359. The lowest BCUT2D eigenvalue weighted by Gasteiger charge is -2.22. The zero-order chi connectivity index (χ0) is 10.7. The first kappa shape index (κ1) is 9.97. The molecular formula is C12H15N3. The second-order valence-electron chi connectivity index (χ2n) is 4.03. The summed E-state index contributed by atoms with van der Waals surface area (Å²) in [5.41, 5.74) is 1.18. The van der Waals surface area contributed by atoms with Crippen molar-refractivity contribution in [2.45, 2.75) is 32.2 Å². The van der Waals surface area contributed by atoms with Gasteiger partial charge in [0, 0.05) is 18.8 Å². The molecule has 0 bridgehead atoms. The molecule has 78 valence electrons. The van der Waals surface area contributed by atoms with E-state index in [-0.39, 0.29) is 0 Å². The van der Waals surface area contributed by atoms with Crippen molar-refractivity contribution in [3.63, 3.8) is 0 Å². The fourth-order valence-electron chi connectivity index (χ4n) is 1.67. The molecule has 0 aromatic carbocycles. The first-order chi connectivity index (χ1) is 7.31. The van der Waals surface area contributed by atoms with Gasteiger partial charge in [-0.1, -0.05) is 6.07 Å². The van der Waals surface area contributed by atoms with Gasteiger partial charge < -0.3 is 4.90 Å². The molecule has 1 aromatic heterocycles. The summed E-state index contributed by atoms with van der Waals surface area (Å²) in [5, 5.41) is 8.61. The topological polar surface area (TPSA) is 39.9 Å². The molecule has 2 rings (SSSR count). The number of hydrogen-bond acceptors (Lipinski definition) is 3. The van der Waals surface area contributed by atoms with E-state index in [4.69, 9.17) is 5.26 Å². The third kappa shape index (κ3) is 2.47. The lowest BCUT2D eigenvalue weighted by Crippen LogP contribution is -2.27. The number of nitriles is 1. The summed E-state index contributed by atoms with van der Waals surface area (Å²) in [6.45, 7) is 2.84. The van der Waals surface area contributed by atoms with Crippen molar-refractivity contribution in [3.8, 4) is 6.07 Å². The second-order valence-corrected chi connectivity index (χ2v) is 4.03. The maximum Gasteiger partial charge on any atom is 0.128 e. The molecule has 0 saturated heterocycles. The Kier molecular flexibility index (Phi) is 2.86. The molecule has 1 heterocycles. The number of rotatable bonds is 4. The lowest BCUT2D eigenvalue weighted by molar-refractivity contribution is 0.777. The number of aryl methyl sites for hydroxylation is 1. The molecule has 3 nitrogen and oxygen atoms in total. The second kappa shape index (κ2) is 4.31. The average molecular weight is 201 g/mol. The van der Waals surface area contributed by atoms with Gasteiger partial charge >= 0.3 is 0 Å². The minimum atomic E-state index is 0.575. The molecule has 0 atom stereocenters. The van der Waals surface area contributed by atoms with Crippen LogP contribution in [0.25, 0.3) is 0 Å². The molecular weight excluding hydrogens is 186 g/mol. The summed E-state index contributed by atoms with van der Waals surface area (Å²) in [7, 11) is 0. The van der Waals surface area contributed by atoms with E-state index < -0.39 is 0 Å². The van der Waals surface area contributed by atoms with Gasteiger partial charge in [-0.25, -0.2) is 4.98 Å². The van der Waals surface area contributed by atoms with E-state index >= 15 is 0 Å². The van der Waals surface area contributed by atoms with Crippen LogP contribution in [0.4, 0.5) is 5.82 Å². The van der Waals surface area contributed by atoms with Crippen molar-refractivity contribution in [2.75, 3.05) is 11.4 Å². The number of anilines is 1. The van der Waals surface area contributed by atoms with E-state index in [0.717, 1.165) is 12.4 Å². The van der Waals surface area contributed by atoms with Gasteiger partial charge in [-0.3, -0.25) is 0 Å². The number of aromatic nitrogens is 1. The SMILES string of the molecule is Cc1ccc(N(CCC#N)C2CC2)nc1. The monoisotopic (exact) mass is 201 g/mol. The van der Waals surface area contributed by atoms with Gasteiger partial charge in [-0.05, 0) is 31.4 Å². The van der Waals surface area contributed by atoms with Gasteiger partial charge in [0.1, 0.15) is 5.82 Å². The van der Waals surface area contributed by atoms with Crippen molar-refractivity contribution in [2.24, 2.45) is 0 Å². The van der Waals surface area contributed by atoms with Crippen molar-refractivity contribution < 1.29 is 0 Å². The molecule has 1 fully saturated rings. The molecule has 0 N–H and O–H groups in total. The van der Waals surface area contributed by atoms with E-state index in [2.05, 4.69) is 22.0 Å². The Labute approximate surface area is 90.4 Å². The molecule has 1 aliphatic rings. The lowest BCUT2D eigenvalue weighted by atomic mass is 10.3. The molecule has 3 heteroatoms. The largest absolute Gasteiger partial charge is 0.353 e. The van der Waals surface area contributed by atoms with E-state index in [1.807, 2.05) is 19.2 Å². The van der Waals surface area contributed by atoms with Gasteiger partial charge in [0.25, 0.3) is 0 Å². The Morgan fingerprint density at radius 1 is 1.53 bits per heavy atom. The quantitative estimate of drug-likeness (QED) is 0.750. The van der Waals surface area contributed by atoms with Gasteiger partial charge in [0.2, 0.25) is 0 Å². The van der Waals surface area contributed by atoms with Crippen LogP contribution in [0.15, 0.2) is 18.3 Å². The molecule has 0 unspecified atom stereocenters. The summed E-state index contributed by atoms with van der Waals surface area (Å²) in [6, 6.07) is 6.93. The highest BCUT2D eigenvalue weighted by Gasteiger charge is 2.29. The van der Waals surface area contributed by atoms with Crippen LogP contribution in [0.2, 0.25) is 0 Å². The first-order valence-corrected chi connectivity index (χ1v) is 5.37. The Morgan fingerprint density at radius 3 is 2.87 bits per heavy atom. The molecule has 1 aliphatic carbocycles. The van der Waals surface area contributed by atoms with Gasteiger partial charge in [-0.15, -0.1) is 0 Å². The van der Waals surface area contributed by atoms with Gasteiger partial charge in [0.05, 0.1) is 12.5 Å². The van der Waals surface area contributed by atoms with Gasteiger partial charge in [-0.2, -0.15) is 5.26 Å². The summed E-state index contributed by atoms with van der Waals surface area (Å²) in [6.07, 6.45) is 4.94. The smallest absolute Gasteiger partial charge is 0.128 e. The zero-order valence-electron chi connectivity index (χ0n) is 8.98. The van der Waals surface area contributed by atoms with Crippen LogP contribution in [0.5, 0.6) is 0 Å². The normalized spacial score (nSPS) is 14.7. The third-order valence-corrected chi connectivity index (χ3v) is 2.64. The minimum absolute atomic E-state index is 0.575. The van der Waals surface area contributed by atoms with Crippen LogP contribution in [-0.4, -0.2) is 17.6 Å².